The summed E-state index contributed by atoms with van der Waals surface area (Å²) in [7, 11) is 1.63. The lowest BCUT2D eigenvalue weighted by atomic mass is 9.91. The van der Waals surface area contributed by atoms with Crippen LogP contribution in [0.1, 0.15) is 25.0 Å². The number of benzene rings is 1. The third-order valence-electron chi connectivity index (χ3n) is 3.36. The molecule has 0 bridgehead atoms. The first kappa shape index (κ1) is 12.9. The minimum absolute atomic E-state index is 0.117. The first-order chi connectivity index (χ1) is 8.13. The molecule has 94 valence electrons. The van der Waals surface area contributed by atoms with Gasteiger partial charge in [-0.15, -0.1) is 0 Å². The molecule has 1 saturated heterocycles. The van der Waals surface area contributed by atoms with Gasteiger partial charge in [-0.1, -0.05) is 6.07 Å². The summed E-state index contributed by atoms with van der Waals surface area (Å²) in [5, 5.41) is 10.3. The summed E-state index contributed by atoms with van der Waals surface area (Å²) in [4.78, 5) is 0. The normalized spacial score (nSPS) is 25.9. The highest BCUT2D eigenvalue weighted by Gasteiger charge is 2.31. The number of ether oxygens (including phenoxy) is 2. The fourth-order valence-corrected chi connectivity index (χ4v) is 2.84. The molecule has 1 aliphatic heterocycles. The molecule has 1 fully saturated rings. The topological polar surface area (TPSA) is 38.7 Å². The Morgan fingerprint density at radius 2 is 2.29 bits per heavy atom. The number of rotatable bonds is 3. The summed E-state index contributed by atoms with van der Waals surface area (Å²) in [5.74, 6) is 0.951. The quantitative estimate of drug-likeness (QED) is 0.933. The van der Waals surface area contributed by atoms with Crippen LogP contribution in [0.25, 0.3) is 0 Å². The Labute approximate surface area is 110 Å². The predicted octanol–water partition coefficient (Wildman–Crippen LogP) is 2.92. The van der Waals surface area contributed by atoms with Crippen molar-refractivity contribution in [2.24, 2.45) is 5.92 Å². The molecule has 17 heavy (non-hydrogen) atoms. The summed E-state index contributed by atoms with van der Waals surface area (Å²) < 4.78 is 11.5. The molecule has 3 unspecified atom stereocenters. The van der Waals surface area contributed by atoms with E-state index in [1.165, 1.54) is 0 Å². The minimum Gasteiger partial charge on any atom is -0.496 e. The van der Waals surface area contributed by atoms with Crippen LogP contribution in [0.15, 0.2) is 22.7 Å². The summed E-state index contributed by atoms with van der Waals surface area (Å²) in [6, 6.07) is 5.68. The highest BCUT2D eigenvalue weighted by molar-refractivity contribution is 9.10. The van der Waals surface area contributed by atoms with E-state index in [0.29, 0.717) is 0 Å². The number of hydrogen-bond acceptors (Lipinski definition) is 3. The number of aliphatic hydroxyl groups excluding tert-OH is 1. The van der Waals surface area contributed by atoms with Crippen molar-refractivity contribution in [1.29, 1.82) is 0 Å². The van der Waals surface area contributed by atoms with Crippen LogP contribution < -0.4 is 4.74 Å². The largest absolute Gasteiger partial charge is 0.496 e. The molecular weight excluding hydrogens is 284 g/mol. The van der Waals surface area contributed by atoms with E-state index in [4.69, 9.17) is 9.47 Å². The van der Waals surface area contributed by atoms with Crippen molar-refractivity contribution >= 4 is 15.9 Å². The first-order valence-electron chi connectivity index (χ1n) is 5.76. The van der Waals surface area contributed by atoms with Crippen LogP contribution in [0.5, 0.6) is 5.75 Å². The number of aliphatic hydroxyl groups is 1. The lowest BCUT2D eigenvalue weighted by Crippen LogP contribution is -2.19. The molecule has 1 aromatic carbocycles. The van der Waals surface area contributed by atoms with E-state index in [1.807, 2.05) is 25.1 Å². The second kappa shape index (κ2) is 5.38. The number of halogens is 1. The molecule has 3 atom stereocenters. The van der Waals surface area contributed by atoms with Crippen molar-refractivity contribution in [1.82, 2.24) is 0 Å². The van der Waals surface area contributed by atoms with Crippen LogP contribution >= 0.6 is 15.9 Å². The Morgan fingerprint density at radius 3 is 2.82 bits per heavy atom. The lowest BCUT2D eigenvalue weighted by Gasteiger charge is -2.21. The Balaban J connectivity index is 2.19. The van der Waals surface area contributed by atoms with Crippen molar-refractivity contribution in [2.75, 3.05) is 13.7 Å². The third kappa shape index (κ3) is 2.64. The van der Waals surface area contributed by atoms with E-state index in [9.17, 15) is 5.11 Å². The van der Waals surface area contributed by atoms with Crippen LogP contribution in [0.4, 0.5) is 0 Å². The maximum absolute atomic E-state index is 10.3. The molecule has 1 heterocycles. The molecule has 0 spiro atoms. The molecule has 3 nitrogen and oxygen atoms in total. The first-order valence-corrected chi connectivity index (χ1v) is 6.56. The molecule has 1 N–H and O–H groups in total. The molecule has 0 radical (unpaired) electrons. The van der Waals surface area contributed by atoms with Gasteiger partial charge in [-0.25, -0.2) is 0 Å². The van der Waals surface area contributed by atoms with Gasteiger partial charge in [-0.05, 0) is 47.0 Å². The predicted molar refractivity (Wildman–Crippen MR) is 69.2 cm³/mol. The van der Waals surface area contributed by atoms with Gasteiger partial charge in [0.05, 0.1) is 23.8 Å². The molecule has 2 rings (SSSR count). The molecule has 0 amide bonds. The van der Waals surface area contributed by atoms with Crippen LogP contribution in [-0.4, -0.2) is 24.9 Å². The van der Waals surface area contributed by atoms with Gasteiger partial charge in [0.1, 0.15) is 5.75 Å². The van der Waals surface area contributed by atoms with E-state index >= 15 is 0 Å². The van der Waals surface area contributed by atoms with Crippen molar-refractivity contribution < 1.29 is 14.6 Å². The van der Waals surface area contributed by atoms with Gasteiger partial charge < -0.3 is 14.6 Å². The third-order valence-corrected chi connectivity index (χ3v) is 3.98. The van der Waals surface area contributed by atoms with Crippen molar-refractivity contribution in [3.8, 4) is 5.75 Å². The summed E-state index contributed by atoms with van der Waals surface area (Å²) in [5.41, 5.74) is 0.903. The van der Waals surface area contributed by atoms with E-state index in [1.54, 1.807) is 7.11 Å². The summed E-state index contributed by atoms with van der Waals surface area (Å²) >= 11 is 3.43. The highest BCUT2D eigenvalue weighted by Crippen LogP contribution is 2.36. The molecule has 4 heteroatoms. The van der Waals surface area contributed by atoms with Gasteiger partial charge in [0.2, 0.25) is 0 Å². The molecule has 0 saturated carbocycles. The molecule has 0 aromatic heterocycles. The van der Waals surface area contributed by atoms with E-state index in [0.717, 1.165) is 28.8 Å². The molecule has 1 aliphatic rings. The second-order valence-corrected chi connectivity index (χ2v) is 5.22. The van der Waals surface area contributed by atoms with Crippen LogP contribution in [-0.2, 0) is 4.74 Å². The van der Waals surface area contributed by atoms with Gasteiger partial charge >= 0.3 is 0 Å². The Bertz CT molecular complexity index is 394. The summed E-state index contributed by atoms with van der Waals surface area (Å²) in [6.07, 6.45) is 0.548. The van der Waals surface area contributed by atoms with E-state index in [-0.39, 0.29) is 12.0 Å². The standard InChI is InChI=1S/C13H17BrO3/c1-8-10(5-6-17-8)13(15)9-3-4-12(16-2)11(14)7-9/h3-4,7-8,10,13,15H,5-6H2,1-2H3. The lowest BCUT2D eigenvalue weighted by molar-refractivity contribution is 0.0431. The van der Waals surface area contributed by atoms with Crippen LogP contribution in [0.2, 0.25) is 0 Å². The van der Waals surface area contributed by atoms with E-state index in [2.05, 4.69) is 15.9 Å². The zero-order valence-corrected chi connectivity index (χ0v) is 11.6. The average molecular weight is 301 g/mol. The van der Waals surface area contributed by atoms with Gasteiger partial charge in [-0.2, -0.15) is 0 Å². The SMILES string of the molecule is COc1ccc(C(O)C2CCOC2C)cc1Br. The van der Waals surface area contributed by atoms with Crippen molar-refractivity contribution in [3.05, 3.63) is 28.2 Å². The van der Waals surface area contributed by atoms with Crippen molar-refractivity contribution in [2.45, 2.75) is 25.6 Å². The van der Waals surface area contributed by atoms with E-state index < -0.39 is 6.10 Å². The fourth-order valence-electron chi connectivity index (χ4n) is 2.28. The number of methoxy groups -OCH3 is 1. The monoisotopic (exact) mass is 300 g/mol. The van der Waals surface area contributed by atoms with Gasteiger partial charge in [0, 0.05) is 12.5 Å². The maximum Gasteiger partial charge on any atom is 0.133 e. The molecular formula is C13H17BrO3. The number of hydrogen-bond donors (Lipinski definition) is 1. The van der Waals surface area contributed by atoms with Crippen molar-refractivity contribution in [3.63, 3.8) is 0 Å². The Morgan fingerprint density at radius 1 is 1.53 bits per heavy atom. The van der Waals surface area contributed by atoms with Crippen LogP contribution in [0, 0.1) is 5.92 Å². The second-order valence-electron chi connectivity index (χ2n) is 4.37. The smallest absolute Gasteiger partial charge is 0.133 e. The maximum atomic E-state index is 10.3. The average Bonchev–Trinajstić information content (AvgIpc) is 2.74. The molecule has 0 aliphatic carbocycles. The fraction of sp³-hybridized carbons (Fsp3) is 0.538. The Kier molecular flexibility index (Phi) is 4.07. The van der Waals surface area contributed by atoms with Crippen LogP contribution in [0.3, 0.4) is 0 Å². The Hall–Kier alpha value is -0.580. The van der Waals surface area contributed by atoms with Gasteiger partial charge in [0.15, 0.2) is 0 Å². The van der Waals surface area contributed by atoms with Gasteiger partial charge in [-0.3, -0.25) is 0 Å². The zero-order valence-electron chi connectivity index (χ0n) is 10.0. The minimum atomic E-state index is -0.477. The highest BCUT2D eigenvalue weighted by atomic mass is 79.9. The molecule has 1 aromatic rings. The zero-order chi connectivity index (χ0) is 12.4. The summed E-state index contributed by atoms with van der Waals surface area (Å²) in [6.45, 7) is 2.75. The van der Waals surface area contributed by atoms with Gasteiger partial charge in [0.25, 0.3) is 0 Å².